The summed E-state index contributed by atoms with van der Waals surface area (Å²) in [7, 11) is 0. The summed E-state index contributed by atoms with van der Waals surface area (Å²) in [4.78, 5) is 4.38. The van der Waals surface area contributed by atoms with Crippen LogP contribution in [0.2, 0.25) is 0 Å². The van der Waals surface area contributed by atoms with E-state index in [0.29, 0.717) is 5.90 Å². The van der Waals surface area contributed by atoms with Crippen LogP contribution >= 0.6 is 0 Å². The average molecular weight is 184 g/mol. The second-order valence-corrected chi connectivity index (χ2v) is 3.09. The first-order chi connectivity index (χ1) is 6.93. The molecule has 0 bridgehead atoms. The first kappa shape index (κ1) is 7.38. The van der Waals surface area contributed by atoms with E-state index in [1.54, 1.807) is 6.26 Å². The Morgan fingerprint density at radius 3 is 3.14 bits per heavy atom. The highest BCUT2D eigenvalue weighted by atomic mass is 16.5. The van der Waals surface area contributed by atoms with Gasteiger partial charge in [0.05, 0.1) is 17.6 Å². The van der Waals surface area contributed by atoms with Crippen molar-refractivity contribution in [3.05, 3.63) is 48.4 Å². The Morgan fingerprint density at radius 2 is 2.14 bits per heavy atom. The van der Waals surface area contributed by atoms with Crippen LogP contribution < -0.4 is 5.32 Å². The number of anilines is 1. The van der Waals surface area contributed by atoms with Crippen LogP contribution in [0.4, 0.5) is 11.4 Å². The van der Waals surface area contributed by atoms with Crippen LogP contribution in [-0.2, 0) is 4.74 Å². The lowest BCUT2D eigenvalue weighted by molar-refractivity contribution is 0.468. The van der Waals surface area contributed by atoms with Crippen LogP contribution in [0.25, 0.3) is 0 Å². The summed E-state index contributed by atoms with van der Waals surface area (Å²) in [6.45, 7) is 0. The Morgan fingerprint density at radius 1 is 1.21 bits per heavy atom. The van der Waals surface area contributed by atoms with E-state index in [9.17, 15) is 0 Å². The summed E-state index contributed by atoms with van der Waals surface area (Å²) >= 11 is 0. The summed E-state index contributed by atoms with van der Waals surface area (Å²) in [6, 6.07) is 7.88. The van der Waals surface area contributed by atoms with Crippen molar-refractivity contribution in [2.45, 2.75) is 0 Å². The predicted octanol–water partition coefficient (Wildman–Crippen LogP) is 2.57. The number of benzene rings is 1. The van der Waals surface area contributed by atoms with Crippen molar-refractivity contribution in [3.63, 3.8) is 0 Å². The van der Waals surface area contributed by atoms with Crippen molar-refractivity contribution >= 4 is 17.3 Å². The minimum Gasteiger partial charge on any atom is -0.445 e. The number of aliphatic imine (C=N–C) groups is 1. The average Bonchev–Trinajstić information content (AvgIpc) is 2.26. The highest BCUT2D eigenvalue weighted by Gasteiger charge is 2.17. The number of para-hydroxylation sites is 2. The normalized spacial score (nSPS) is 16.9. The van der Waals surface area contributed by atoms with E-state index >= 15 is 0 Å². The van der Waals surface area contributed by atoms with E-state index in [2.05, 4.69) is 10.3 Å². The SMILES string of the molecule is C1=COC2=Nc3ccccc3NC2=C1. The Bertz CT molecular complexity index is 472. The fourth-order valence-electron chi connectivity index (χ4n) is 1.49. The van der Waals surface area contributed by atoms with Crippen LogP contribution in [0.15, 0.2) is 53.4 Å². The minimum absolute atomic E-state index is 0.631. The van der Waals surface area contributed by atoms with E-state index in [4.69, 9.17) is 4.74 Å². The Kier molecular flexibility index (Phi) is 1.44. The van der Waals surface area contributed by atoms with Gasteiger partial charge in [-0.05, 0) is 24.3 Å². The van der Waals surface area contributed by atoms with E-state index in [-0.39, 0.29) is 0 Å². The van der Waals surface area contributed by atoms with Gasteiger partial charge in [-0.2, -0.15) is 0 Å². The van der Waals surface area contributed by atoms with Gasteiger partial charge in [-0.1, -0.05) is 12.1 Å². The molecule has 0 atom stereocenters. The molecule has 1 N–H and O–H groups in total. The fraction of sp³-hybridized carbons (Fsp3) is 0. The maximum absolute atomic E-state index is 5.28. The van der Waals surface area contributed by atoms with Crippen molar-refractivity contribution in [2.24, 2.45) is 4.99 Å². The van der Waals surface area contributed by atoms with Gasteiger partial charge in [-0.3, -0.25) is 0 Å². The molecule has 0 amide bonds. The minimum atomic E-state index is 0.631. The first-order valence-corrected chi connectivity index (χ1v) is 4.42. The maximum Gasteiger partial charge on any atom is 0.243 e. The smallest absolute Gasteiger partial charge is 0.243 e. The molecule has 0 aliphatic carbocycles. The Labute approximate surface area is 81.4 Å². The number of rotatable bonds is 0. The van der Waals surface area contributed by atoms with Gasteiger partial charge in [0.15, 0.2) is 0 Å². The number of nitrogens with one attached hydrogen (secondary N) is 1. The molecule has 3 rings (SSSR count). The van der Waals surface area contributed by atoms with Crippen molar-refractivity contribution in [1.29, 1.82) is 0 Å². The quantitative estimate of drug-likeness (QED) is 0.672. The van der Waals surface area contributed by atoms with E-state index in [0.717, 1.165) is 17.1 Å². The lowest BCUT2D eigenvalue weighted by Crippen LogP contribution is -2.18. The van der Waals surface area contributed by atoms with Crippen molar-refractivity contribution < 1.29 is 4.74 Å². The molecule has 0 fully saturated rings. The number of nitrogens with zero attached hydrogens (tertiary/aromatic N) is 1. The van der Waals surface area contributed by atoms with Gasteiger partial charge < -0.3 is 10.1 Å². The summed E-state index contributed by atoms with van der Waals surface area (Å²) in [5, 5.41) is 3.25. The maximum atomic E-state index is 5.28. The molecule has 0 saturated heterocycles. The monoisotopic (exact) mass is 184 g/mol. The molecule has 14 heavy (non-hydrogen) atoms. The highest BCUT2D eigenvalue weighted by molar-refractivity contribution is 6.03. The van der Waals surface area contributed by atoms with Gasteiger partial charge >= 0.3 is 0 Å². The third kappa shape index (κ3) is 1.03. The largest absolute Gasteiger partial charge is 0.445 e. The zero-order valence-electron chi connectivity index (χ0n) is 7.40. The highest BCUT2D eigenvalue weighted by Crippen LogP contribution is 2.31. The second kappa shape index (κ2) is 2.73. The van der Waals surface area contributed by atoms with Gasteiger partial charge in [-0.15, -0.1) is 0 Å². The topological polar surface area (TPSA) is 33.6 Å². The zero-order valence-corrected chi connectivity index (χ0v) is 7.40. The van der Waals surface area contributed by atoms with Gasteiger partial charge in [0.1, 0.15) is 5.70 Å². The molecule has 0 unspecified atom stereocenters. The molecule has 1 aromatic carbocycles. The van der Waals surface area contributed by atoms with E-state index < -0.39 is 0 Å². The predicted molar refractivity (Wildman–Crippen MR) is 55.5 cm³/mol. The molecule has 1 aromatic rings. The molecule has 68 valence electrons. The standard InChI is InChI=1S/C11H8N2O/c1-2-5-9-8(4-1)12-10-6-3-7-14-11(10)13-9/h1-7,12H. The molecule has 3 nitrogen and oxygen atoms in total. The number of ether oxygens (including phenoxy) is 1. The molecule has 0 aromatic heterocycles. The van der Waals surface area contributed by atoms with Gasteiger partial charge in [0, 0.05) is 0 Å². The molecular formula is C11H8N2O. The fourth-order valence-corrected chi connectivity index (χ4v) is 1.49. The van der Waals surface area contributed by atoms with Gasteiger partial charge in [0.25, 0.3) is 0 Å². The van der Waals surface area contributed by atoms with E-state index in [1.807, 2.05) is 36.4 Å². The van der Waals surface area contributed by atoms with Crippen LogP contribution in [0, 0.1) is 0 Å². The van der Waals surface area contributed by atoms with Crippen LogP contribution in [0.3, 0.4) is 0 Å². The van der Waals surface area contributed by atoms with Crippen molar-refractivity contribution in [3.8, 4) is 0 Å². The summed E-state index contributed by atoms with van der Waals surface area (Å²) < 4.78 is 5.28. The Hall–Kier alpha value is -2.03. The van der Waals surface area contributed by atoms with Crippen molar-refractivity contribution in [2.75, 3.05) is 5.32 Å². The van der Waals surface area contributed by atoms with Crippen LogP contribution in [0.5, 0.6) is 0 Å². The molecule has 0 saturated carbocycles. The van der Waals surface area contributed by atoms with Gasteiger partial charge in [0.2, 0.25) is 5.90 Å². The Balaban J connectivity index is 2.15. The second-order valence-electron chi connectivity index (χ2n) is 3.09. The first-order valence-electron chi connectivity index (χ1n) is 4.42. The summed E-state index contributed by atoms with van der Waals surface area (Å²) in [6.07, 6.45) is 5.41. The van der Waals surface area contributed by atoms with Crippen LogP contribution in [0.1, 0.15) is 0 Å². The molecule has 0 radical (unpaired) electrons. The lowest BCUT2D eigenvalue weighted by Gasteiger charge is -2.20. The summed E-state index contributed by atoms with van der Waals surface area (Å²) in [5.41, 5.74) is 2.84. The third-order valence-electron chi connectivity index (χ3n) is 2.15. The molecule has 2 aliphatic heterocycles. The van der Waals surface area contributed by atoms with E-state index in [1.165, 1.54) is 0 Å². The molecule has 2 heterocycles. The number of allylic oxidation sites excluding steroid dienone is 2. The number of fused-ring (bicyclic) bond motifs is 2. The van der Waals surface area contributed by atoms with Crippen LogP contribution in [-0.4, -0.2) is 5.90 Å². The molecule has 3 heteroatoms. The summed E-state index contributed by atoms with van der Waals surface area (Å²) in [5.74, 6) is 0.631. The van der Waals surface area contributed by atoms with Crippen molar-refractivity contribution in [1.82, 2.24) is 0 Å². The zero-order chi connectivity index (χ0) is 9.38. The molecule has 0 spiro atoms. The molecule has 2 aliphatic rings. The number of hydrogen-bond donors (Lipinski definition) is 1. The third-order valence-corrected chi connectivity index (χ3v) is 2.15. The molecular weight excluding hydrogens is 176 g/mol. The lowest BCUT2D eigenvalue weighted by atomic mass is 10.2. The van der Waals surface area contributed by atoms with Gasteiger partial charge in [-0.25, -0.2) is 4.99 Å². The number of hydrogen-bond acceptors (Lipinski definition) is 3.